The minimum absolute atomic E-state index is 0.125. The second-order valence-corrected chi connectivity index (χ2v) is 6.02. The van der Waals surface area contributed by atoms with Crippen molar-refractivity contribution in [2.24, 2.45) is 5.73 Å². The van der Waals surface area contributed by atoms with Crippen LogP contribution in [0.5, 0.6) is 5.75 Å². The van der Waals surface area contributed by atoms with Crippen LogP contribution in [-0.2, 0) is 0 Å². The molecule has 0 radical (unpaired) electrons. The summed E-state index contributed by atoms with van der Waals surface area (Å²) in [5, 5.41) is 8.73. The van der Waals surface area contributed by atoms with Gasteiger partial charge in [0.25, 0.3) is 0 Å². The molecule has 0 saturated heterocycles. The van der Waals surface area contributed by atoms with E-state index in [9.17, 15) is 4.79 Å². The summed E-state index contributed by atoms with van der Waals surface area (Å²) in [6, 6.07) is 4.99. The molecule has 0 bridgehead atoms. The Morgan fingerprint density at radius 1 is 1.30 bits per heavy atom. The van der Waals surface area contributed by atoms with Crippen molar-refractivity contribution in [2.75, 3.05) is 0 Å². The van der Waals surface area contributed by atoms with Crippen molar-refractivity contribution in [3.63, 3.8) is 0 Å². The number of hydrogen-bond acceptors (Lipinski definition) is 3. The number of benzene rings is 1. The summed E-state index contributed by atoms with van der Waals surface area (Å²) < 4.78 is 5.71. The number of halogens is 2. The summed E-state index contributed by atoms with van der Waals surface area (Å²) in [6.07, 6.45) is 3.29. The van der Waals surface area contributed by atoms with Crippen molar-refractivity contribution in [3.05, 3.63) is 27.3 Å². The molecule has 0 aromatic heterocycles. The van der Waals surface area contributed by atoms with Gasteiger partial charge in [-0.3, -0.25) is 0 Å². The molecule has 6 heteroatoms. The zero-order chi connectivity index (χ0) is 15.8. The SMILES string of the molecule is CCC(N)(CC)CC.O=C(O)c1cccc(I)c1OI. The van der Waals surface area contributed by atoms with Crippen molar-refractivity contribution in [1.82, 2.24) is 0 Å². The molecule has 114 valence electrons. The molecule has 1 aromatic carbocycles. The van der Waals surface area contributed by atoms with Gasteiger partial charge in [-0.15, -0.1) is 0 Å². The molecule has 0 aliphatic carbocycles. The van der Waals surface area contributed by atoms with E-state index in [0.29, 0.717) is 5.75 Å². The molecule has 0 aliphatic heterocycles. The molecule has 0 spiro atoms. The number of para-hydroxylation sites is 1. The van der Waals surface area contributed by atoms with Gasteiger partial charge in [0.05, 0.1) is 3.57 Å². The molecular weight excluding hydrogens is 484 g/mol. The van der Waals surface area contributed by atoms with Gasteiger partial charge in [0.2, 0.25) is 0 Å². The molecular formula is C14H21I2NO3. The van der Waals surface area contributed by atoms with E-state index < -0.39 is 5.97 Å². The number of nitrogens with two attached hydrogens (primary N) is 1. The lowest BCUT2D eigenvalue weighted by molar-refractivity contribution is 0.0695. The van der Waals surface area contributed by atoms with Gasteiger partial charge in [-0.1, -0.05) is 26.8 Å². The lowest BCUT2D eigenvalue weighted by Gasteiger charge is -2.23. The number of carboxylic acid groups (broad SMARTS) is 1. The average molecular weight is 505 g/mol. The Morgan fingerprint density at radius 2 is 1.80 bits per heavy atom. The molecule has 0 amide bonds. The Kier molecular flexibility index (Phi) is 9.73. The largest absolute Gasteiger partial charge is 0.478 e. The van der Waals surface area contributed by atoms with Gasteiger partial charge in [-0.2, -0.15) is 0 Å². The van der Waals surface area contributed by atoms with Crippen LogP contribution in [0.15, 0.2) is 18.2 Å². The minimum atomic E-state index is -0.972. The Bertz CT molecular complexity index is 426. The highest BCUT2D eigenvalue weighted by Gasteiger charge is 2.15. The third-order valence-corrected chi connectivity index (χ3v) is 4.68. The van der Waals surface area contributed by atoms with Crippen molar-refractivity contribution >= 4 is 51.6 Å². The van der Waals surface area contributed by atoms with Gasteiger partial charge in [0.1, 0.15) is 5.56 Å². The lowest BCUT2D eigenvalue weighted by atomic mass is 9.92. The van der Waals surface area contributed by atoms with Crippen LogP contribution < -0.4 is 8.80 Å². The van der Waals surface area contributed by atoms with E-state index in [4.69, 9.17) is 13.9 Å². The van der Waals surface area contributed by atoms with Crippen molar-refractivity contribution in [2.45, 2.75) is 45.6 Å². The quantitative estimate of drug-likeness (QED) is 0.573. The predicted octanol–water partition coefficient (Wildman–Crippen LogP) is 4.63. The van der Waals surface area contributed by atoms with Gasteiger partial charge in [-0.05, 0) is 54.0 Å². The summed E-state index contributed by atoms with van der Waals surface area (Å²) >= 11 is 3.70. The number of rotatable bonds is 5. The molecule has 0 atom stereocenters. The van der Waals surface area contributed by atoms with E-state index in [2.05, 4.69) is 20.8 Å². The molecule has 1 rings (SSSR count). The first kappa shape index (κ1) is 19.9. The Hall–Kier alpha value is -0.0900. The third-order valence-electron chi connectivity index (χ3n) is 3.39. The molecule has 0 saturated carbocycles. The van der Waals surface area contributed by atoms with Crippen LogP contribution in [0.3, 0.4) is 0 Å². The topological polar surface area (TPSA) is 72.6 Å². The van der Waals surface area contributed by atoms with Gasteiger partial charge in [0.15, 0.2) is 28.8 Å². The maximum Gasteiger partial charge on any atom is 0.339 e. The summed E-state index contributed by atoms with van der Waals surface area (Å²) in [5.74, 6) is -0.564. The fourth-order valence-corrected chi connectivity index (χ4v) is 3.01. The molecule has 0 fully saturated rings. The van der Waals surface area contributed by atoms with E-state index in [-0.39, 0.29) is 11.1 Å². The molecule has 0 aliphatic rings. The van der Waals surface area contributed by atoms with Crippen LogP contribution in [0.4, 0.5) is 0 Å². The first-order valence-corrected chi connectivity index (χ1v) is 8.40. The van der Waals surface area contributed by atoms with Gasteiger partial charge in [-0.25, -0.2) is 4.79 Å². The van der Waals surface area contributed by atoms with Gasteiger partial charge in [0, 0.05) is 5.54 Å². The van der Waals surface area contributed by atoms with Gasteiger partial charge < -0.3 is 13.9 Å². The zero-order valence-electron chi connectivity index (χ0n) is 12.0. The maximum atomic E-state index is 10.6. The number of carbonyl (C=O) groups is 1. The average Bonchev–Trinajstić information content (AvgIpc) is 2.46. The lowest BCUT2D eigenvalue weighted by Crippen LogP contribution is -2.37. The summed E-state index contributed by atoms with van der Waals surface area (Å²) in [5.41, 5.74) is 6.21. The molecule has 0 unspecified atom stereocenters. The second kappa shape index (κ2) is 9.78. The molecule has 4 nitrogen and oxygen atoms in total. The smallest absolute Gasteiger partial charge is 0.339 e. The van der Waals surface area contributed by atoms with Crippen LogP contribution in [0.2, 0.25) is 0 Å². The molecule has 0 heterocycles. The third kappa shape index (κ3) is 6.13. The van der Waals surface area contributed by atoms with Crippen molar-refractivity contribution in [1.29, 1.82) is 0 Å². The highest BCUT2D eigenvalue weighted by Crippen LogP contribution is 2.27. The first-order chi connectivity index (χ1) is 9.35. The van der Waals surface area contributed by atoms with Crippen molar-refractivity contribution in [3.8, 4) is 5.75 Å². The van der Waals surface area contributed by atoms with Crippen LogP contribution >= 0.6 is 45.6 Å². The molecule has 1 aromatic rings. The Balaban J connectivity index is 0.000000396. The van der Waals surface area contributed by atoms with Gasteiger partial charge >= 0.3 is 5.97 Å². The Morgan fingerprint density at radius 3 is 2.05 bits per heavy atom. The maximum absolute atomic E-state index is 10.6. The monoisotopic (exact) mass is 505 g/mol. The zero-order valence-corrected chi connectivity index (χ0v) is 16.3. The number of hydrogen-bond donors (Lipinski definition) is 2. The van der Waals surface area contributed by atoms with E-state index in [1.165, 1.54) is 6.07 Å². The van der Waals surface area contributed by atoms with Crippen LogP contribution in [0, 0.1) is 3.57 Å². The summed E-state index contributed by atoms with van der Waals surface area (Å²) in [7, 11) is 0. The highest BCUT2D eigenvalue weighted by molar-refractivity contribution is 14.1. The number of carboxylic acids is 1. The second-order valence-electron chi connectivity index (χ2n) is 4.42. The summed E-state index contributed by atoms with van der Waals surface area (Å²) in [4.78, 5) is 10.6. The fourth-order valence-electron chi connectivity index (χ4n) is 1.51. The van der Waals surface area contributed by atoms with E-state index >= 15 is 0 Å². The van der Waals surface area contributed by atoms with Crippen molar-refractivity contribution < 1.29 is 13.0 Å². The van der Waals surface area contributed by atoms with Crippen LogP contribution in [0.1, 0.15) is 50.4 Å². The molecule has 3 N–H and O–H groups in total. The standard InChI is InChI=1S/C7H4I2O3.C7H17N/c8-5-3-1-2-4(7(10)11)6(5)12-9;1-4-7(8,5-2)6-3/h1-3H,(H,10,11);4-6,8H2,1-3H3. The van der Waals surface area contributed by atoms with E-state index in [1.807, 2.05) is 22.6 Å². The van der Waals surface area contributed by atoms with E-state index in [0.717, 1.165) is 22.8 Å². The first-order valence-electron chi connectivity index (χ1n) is 6.44. The summed E-state index contributed by atoms with van der Waals surface area (Å²) in [6.45, 7) is 6.44. The van der Waals surface area contributed by atoms with E-state index in [1.54, 1.807) is 35.1 Å². The predicted molar refractivity (Wildman–Crippen MR) is 98.6 cm³/mol. The minimum Gasteiger partial charge on any atom is -0.478 e. The normalized spacial score (nSPS) is 10.5. The van der Waals surface area contributed by atoms with Crippen LogP contribution in [-0.4, -0.2) is 16.6 Å². The van der Waals surface area contributed by atoms with Crippen LogP contribution in [0.25, 0.3) is 0 Å². The highest BCUT2D eigenvalue weighted by atomic mass is 127. The Labute approximate surface area is 148 Å². The molecule has 20 heavy (non-hydrogen) atoms. The fraction of sp³-hybridized carbons (Fsp3) is 0.500. The number of aromatic carboxylic acids is 1.